The maximum Gasteiger partial charge on any atom is 0.141 e. The minimum absolute atomic E-state index is 0.272. The molecule has 0 spiro atoms. The Bertz CT molecular complexity index is 422. The zero-order chi connectivity index (χ0) is 14.4. The Labute approximate surface area is 120 Å². The van der Waals surface area contributed by atoms with Gasteiger partial charge in [0.25, 0.3) is 0 Å². The summed E-state index contributed by atoms with van der Waals surface area (Å²) in [7, 11) is 0. The molecule has 20 heavy (non-hydrogen) atoms. The van der Waals surface area contributed by atoms with Gasteiger partial charge in [0.2, 0.25) is 0 Å². The first-order valence-corrected chi connectivity index (χ1v) is 7.46. The third-order valence-corrected chi connectivity index (χ3v) is 3.60. The van der Waals surface area contributed by atoms with Crippen LogP contribution in [0.15, 0.2) is 12.3 Å². The van der Waals surface area contributed by atoms with Crippen LogP contribution in [0.25, 0.3) is 0 Å². The second-order valence-corrected chi connectivity index (χ2v) is 5.09. The lowest BCUT2D eigenvalue weighted by Crippen LogP contribution is -2.34. The molecule has 1 aromatic rings. The second-order valence-electron chi connectivity index (χ2n) is 5.09. The van der Waals surface area contributed by atoms with E-state index in [0.29, 0.717) is 6.54 Å². The number of hydrogen-bond acceptors (Lipinski definition) is 4. The maximum atomic E-state index is 13.4. The highest BCUT2D eigenvalue weighted by atomic mass is 19.1. The maximum absolute atomic E-state index is 13.4. The molecule has 1 atom stereocenters. The SMILES string of the molecule is CCNCc1cc(F)cnc1N(CC)CC1CCCO1. The fourth-order valence-corrected chi connectivity index (χ4v) is 2.55. The first-order chi connectivity index (χ1) is 9.74. The molecule has 0 radical (unpaired) electrons. The van der Waals surface area contributed by atoms with Gasteiger partial charge in [-0.1, -0.05) is 6.92 Å². The van der Waals surface area contributed by atoms with E-state index < -0.39 is 0 Å². The van der Waals surface area contributed by atoms with Crippen molar-refractivity contribution in [2.75, 3.05) is 31.1 Å². The number of likely N-dealkylation sites (N-methyl/N-ethyl adjacent to an activating group) is 1. The van der Waals surface area contributed by atoms with Crippen LogP contribution in [0.3, 0.4) is 0 Å². The van der Waals surface area contributed by atoms with Crippen LogP contribution in [0, 0.1) is 5.82 Å². The average molecular weight is 281 g/mol. The Hall–Kier alpha value is -1.20. The summed E-state index contributed by atoms with van der Waals surface area (Å²) in [4.78, 5) is 6.48. The molecule has 1 aliphatic heterocycles. The molecule has 1 aliphatic rings. The normalized spacial score (nSPS) is 18.4. The Kier molecular flexibility index (Phi) is 5.73. The molecule has 112 valence electrons. The van der Waals surface area contributed by atoms with Crippen molar-refractivity contribution >= 4 is 5.82 Å². The second kappa shape index (κ2) is 7.55. The number of nitrogens with one attached hydrogen (secondary N) is 1. The fraction of sp³-hybridized carbons (Fsp3) is 0.667. The Morgan fingerprint density at radius 1 is 1.50 bits per heavy atom. The van der Waals surface area contributed by atoms with Gasteiger partial charge in [-0.25, -0.2) is 9.37 Å². The molecule has 2 rings (SSSR count). The summed E-state index contributed by atoms with van der Waals surface area (Å²) in [5.74, 6) is 0.583. The van der Waals surface area contributed by atoms with E-state index in [1.807, 2.05) is 6.92 Å². The number of ether oxygens (including phenoxy) is 1. The number of anilines is 1. The van der Waals surface area contributed by atoms with E-state index in [-0.39, 0.29) is 11.9 Å². The van der Waals surface area contributed by atoms with E-state index in [2.05, 4.69) is 22.1 Å². The van der Waals surface area contributed by atoms with Crippen LogP contribution in [0.2, 0.25) is 0 Å². The summed E-state index contributed by atoms with van der Waals surface area (Å²) in [5, 5.41) is 3.24. The largest absolute Gasteiger partial charge is 0.376 e. The summed E-state index contributed by atoms with van der Waals surface area (Å²) in [6.45, 7) is 8.15. The van der Waals surface area contributed by atoms with E-state index in [1.165, 1.54) is 6.20 Å². The van der Waals surface area contributed by atoms with Gasteiger partial charge in [0.1, 0.15) is 11.6 Å². The summed E-state index contributed by atoms with van der Waals surface area (Å²) in [5.41, 5.74) is 0.909. The molecule has 5 heteroatoms. The van der Waals surface area contributed by atoms with E-state index in [4.69, 9.17) is 4.74 Å². The lowest BCUT2D eigenvalue weighted by molar-refractivity contribution is 0.115. The predicted molar refractivity (Wildman–Crippen MR) is 78.4 cm³/mol. The van der Waals surface area contributed by atoms with Crippen molar-refractivity contribution in [1.29, 1.82) is 0 Å². The molecule has 1 saturated heterocycles. The Balaban J connectivity index is 2.13. The van der Waals surface area contributed by atoms with Gasteiger partial charge in [-0.15, -0.1) is 0 Å². The predicted octanol–water partition coefficient (Wildman–Crippen LogP) is 2.34. The van der Waals surface area contributed by atoms with Crippen molar-refractivity contribution in [3.05, 3.63) is 23.6 Å². The number of halogens is 1. The summed E-state index contributed by atoms with van der Waals surface area (Å²) in [6, 6.07) is 1.57. The molecule has 1 unspecified atom stereocenters. The number of nitrogens with zero attached hydrogens (tertiary/aromatic N) is 2. The van der Waals surface area contributed by atoms with Gasteiger partial charge in [-0.3, -0.25) is 0 Å². The standard InChI is InChI=1S/C15H24FN3O/c1-3-17-9-12-8-13(16)10-18-15(12)19(4-2)11-14-6-5-7-20-14/h8,10,14,17H,3-7,9,11H2,1-2H3. The molecule has 4 nitrogen and oxygen atoms in total. The van der Waals surface area contributed by atoms with Crippen LogP contribution in [-0.4, -0.2) is 37.3 Å². The van der Waals surface area contributed by atoms with E-state index in [0.717, 1.165) is 50.5 Å². The highest BCUT2D eigenvalue weighted by Crippen LogP contribution is 2.21. The molecular weight excluding hydrogens is 257 g/mol. The molecule has 0 aliphatic carbocycles. The minimum atomic E-state index is -0.283. The third-order valence-electron chi connectivity index (χ3n) is 3.60. The molecule has 1 N–H and O–H groups in total. The Morgan fingerprint density at radius 3 is 3.00 bits per heavy atom. The topological polar surface area (TPSA) is 37.4 Å². The molecule has 0 bridgehead atoms. The molecule has 1 aromatic heterocycles. The van der Waals surface area contributed by atoms with Gasteiger partial charge >= 0.3 is 0 Å². The van der Waals surface area contributed by atoms with E-state index in [9.17, 15) is 4.39 Å². The van der Waals surface area contributed by atoms with Crippen LogP contribution in [-0.2, 0) is 11.3 Å². The van der Waals surface area contributed by atoms with Gasteiger partial charge in [0, 0.05) is 31.8 Å². The molecule has 1 fully saturated rings. The highest BCUT2D eigenvalue weighted by molar-refractivity contribution is 5.47. The van der Waals surface area contributed by atoms with E-state index >= 15 is 0 Å². The van der Waals surface area contributed by atoms with Crippen molar-refractivity contribution in [3.63, 3.8) is 0 Å². The van der Waals surface area contributed by atoms with Gasteiger partial charge in [0.05, 0.1) is 12.3 Å². The van der Waals surface area contributed by atoms with E-state index in [1.54, 1.807) is 6.07 Å². The number of aromatic nitrogens is 1. The van der Waals surface area contributed by atoms with Crippen LogP contribution in [0.5, 0.6) is 0 Å². The lowest BCUT2D eigenvalue weighted by atomic mass is 10.2. The smallest absolute Gasteiger partial charge is 0.141 e. The zero-order valence-electron chi connectivity index (χ0n) is 12.4. The first-order valence-electron chi connectivity index (χ1n) is 7.46. The fourth-order valence-electron chi connectivity index (χ4n) is 2.55. The van der Waals surface area contributed by atoms with Crippen LogP contribution in [0.4, 0.5) is 10.2 Å². The van der Waals surface area contributed by atoms with Gasteiger partial charge in [0.15, 0.2) is 0 Å². The van der Waals surface area contributed by atoms with Crippen molar-refractivity contribution in [2.45, 2.75) is 39.3 Å². The van der Waals surface area contributed by atoms with Crippen molar-refractivity contribution in [2.24, 2.45) is 0 Å². The minimum Gasteiger partial charge on any atom is -0.376 e. The van der Waals surface area contributed by atoms with Gasteiger partial charge < -0.3 is 15.0 Å². The van der Waals surface area contributed by atoms with Crippen LogP contribution < -0.4 is 10.2 Å². The molecular formula is C15H24FN3O. The zero-order valence-corrected chi connectivity index (χ0v) is 12.4. The molecule has 0 saturated carbocycles. The average Bonchev–Trinajstić information content (AvgIpc) is 2.96. The third kappa shape index (κ3) is 3.90. The first kappa shape index (κ1) is 15.2. The molecule has 0 amide bonds. The van der Waals surface area contributed by atoms with Gasteiger partial charge in [-0.2, -0.15) is 0 Å². The van der Waals surface area contributed by atoms with Crippen molar-refractivity contribution in [1.82, 2.24) is 10.3 Å². The number of pyridine rings is 1. The molecule has 0 aromatic carbocycles. The Morgan fingerprint density at radius 2 is 2.35 bits per heavy atom. The molecule has 2 heterocycles. The number of hydrogen-bond donors (Lipinski definition) is 1. The van der Waals surface area contributed by atoms with Crippen LogP contribution in [0.1, 0.15) is 32.3 Å². The van der Waals surface area contributed by atoms with Gasteiger partial charge in [-0.05, 0) is 32.4 Å². The summed E-state index contributed by atoms with van der Waals surface area (Å²) < 4.78 is 19.1. The van der Waals surface area contributed by atoms with Crippen molar-refractivity contribution in [3.8, 4) is 0 Å². The summed E-state index contributed by atoms with van der Waals surface area (Å²) >= 11 is 0. The highest BCUT2D eigenvalue weighted by Gasteiger charge is 2.21. The number of rotatable bonds is 7. The quantitative estimate of drug-likeness (QED) is 0.832. The van der Waals surface area contributed by atoms with Crippen LogP contribution >= 0.6 is 0 Å². The lowest BCUT2D eigenvalue weighted by Gasteiger charge is -2.27. The monoisotopic (exact) mass is 281 g/mol. The summed E-state index contributed by atoms with van der Waals surface area (Å²) in [6.07, 6.45) is 3.79. The van der Waals surface area contributed by atoms with Crippen molar-refractivity contribution < 1.29 is 9.13 Å².